The van der Waals surface area contributed by atoms with Gasteiger partial charge in [-0.05, 0) is 13.8 Å². The van der Waals surface area contributed by atoms with Gasteiger partial charge in [-0.25, -0.2) is 4.98 Å². The summed E-state index contributed by atoms with van der Waals surface area (Å²) in [4.78, 5) is 4.57. The molecular formula is C13H19N3O2. The molecule has 0 saturated heterocycles. The summed E-state index contributed by atoms with van der Waals surface area (Å²) >= 11 is 0. The Morgan fingerprint density at radius 2 is 1.89 bits per heavy atom. The number of methoxy groups -OCH3 is 2. The van der Waals surface area contributed by atoms with Gasteiger partial charge in [-0.2, -0.15) is 0 Å². The van der Waals surface area contributed by atoms with Crippen molar-refractivity contribution in [2.45, 2.75) is 26.4 Å². The molecule has 0 aliphatic rings. The van der Waals surface area contributed by atoms with Crippen molar-refractivity contribution >= 4 is 11.0 Å². The van der Waals surface area contributed by atoms with Crippen LogP contribution in [0.1, 0.15) is 25.7 Å². The molecule has 1 atom stereocenters. The van der Waals surface area contributed by atoms with Crippen molar-refractivity contribution in [2.75, 3.05) is 14.2 Å². The van der Waals surface area contributed by atoms with E-state index < -0.39 is 0 Å². The SMILES string of the molecule is CCn1c(C(C)N)nc2cc(OC)c(OC)cc21. The number of ether oxygens (including phenoxy) is 2. The molecule has 0 amide bonds. The third-order valence-electron chi connectivity index (χ3n) is 3.01. The molecule has 5 nitrogen and oxygen atoms in total. The second-order valence-corrected chi connectivity index (χ2v) is 4.20. The van der Waals surface area contributed by atoms with Crippen molar-refractivity contribution in [3.05, 3.63) is 18.0 Å². The van der Waals surface area contributed by atoms with Crippen LogP contribution in [0.15, 0.2) is 12.1 Å². The van der Waals surface area contributed by atoms with Gasteiger partial charge in [0.1, 0.15) is 5.82 Å². The first-order chi connectivity index (χ1) is 8.62. The molecule has 98 valence electrons. The van der Waals surface area contributed by atoms with Crippen LogP contribution in [0.3, 0.4) is 0 Å². The fourth-order valence-corrected chi connectivity index (χ4v) is 2.15. The van der Waals surface area contributed by atoms with E-state index >= 15 is 0 Å². The minimum Gasteiger partial charge on any atom is -0.493 e. The summed E-state index contributed by atoms with van der Waals surface area (Å²) in [6.07, 6.45) is 0. The number of aryl methyl sites for hydroxylation is 1. The smallest absolute Gasteiger partial charge is 0.163 e. The maximum atomic E-state index is 5.95. The van der Waals surface area contributed by atoms with Crippen molar-refractivity contribution < 1.29 is 9.47 Å². The van der Waals surface area contributed by atoms with Crippen LogP contribution in [0.5, 0.6) is 11.5 Å². The van der Waals surface area contributed by atoms with Gasteiger partial charge in [-0.15, -0.1) is 0 Å². The second kappa shape index (κ2) is 4.86. The molecule has 2 N–H and O–H groups in total. The number of imidazole rings is 1. The van der Waals surface area contributed by atoms with Crippen LogP contribution < -0.4 is 15.2 Å². The van der Waals surface area contributed by atoms with E-state index in [0.29, 0.717) is 11.5 Å². The number of aromatic nitrogens is 2. The normalized spacial score (nSPS) is 12.7. The van der Waals surface area contributed by atoms with E-state index in [9.17, 15) is 0 Å². The lowest BCUT2D eigenvalue weighted by molar-refractivity contribution is 0.355. The fourth-order valence-electron chi connectivity index (χ4n) is 2.15. The summed E-state index contributed by atoms with van der Waals surface area (Å²) < 4.78 is 12.7. The molecule has 0 bridgehead atoms. The lowest BCUT2D eigenvalue weighted by atomic mass is 10.2. The number of benzene rings is 1. The molecule has 0 aliphatic carbocycles. The van der Waals surface area contributed by atoms with E-state index in [1.54, 1.807) is 14.2 Å². The van der Waals surface area contributed by atoms with E-state index in [4.69, 9.17) is 15.2 Å². The molecule has 0 radical (unpaired) electrons. The first kappa shape index (κ1) is 12.7. The molecule has 1 aromatic carbocycles. The Morgan fingerprint density at radius 1 is 1.28 bits per heavy atom. The maximum absolute atomic E-state index is 5.95. The summed E-state index contributed by atoms with van der Waals surface area (Å²) in [6, 6.07) is 3.72. The predicted molar refractivity (Wildman–Crippen MR) is 71.1 cm³/mol. The number of fused-ring (bicyclic) bond motifs is 1. The van der Waals surface area contributed by atoms with Gasteiger partial charge >= 0.3 is 0 Å². The zero-order valence-corrected chi connectivity index (χ0v) is 11.2. The molecule has 0 aliphatic heterocycles. The lowest BCUT2D eigenvalue weighted by Gasteiger charge is -2.10. The van der Waals surface area contributed by atoms with E-state index in [-0.39, 0.29) is 6.04 Å². The largest absolute Gasteiger partial charge is 0.493 e. The molecular weight excluding hydrogens is 230 g/mol. The third-order valence-corrected chi connectivity index (χ3v) is 3.01. The highest BCUT2D eigenvalue weighted by atomic mass is 16.5. The fraction of sp³-hybridized carbons (Fsp3) is 0.462. The van der Waals surface area contributed by atoms with Gasteiger partial charge in [0, 0.05) is 18.7 Å². The standard InChI is InChI=1S/C13H19N3O2/c1-5-16-10-7-12(18-4)11(17-3)6-9(10)15-13(16)8(2)14/h6-8H,5,14H2,1-4H3. The molecule has 5 heteroatoms. The summed E-state index contributed by atoms with van der Waals surface area (Å²) in [5, 5.41) is 0. The Hall–Kier alpha value is -1.75. The summed E-state index contributed by atoms with van der Waals surface area (Å²) in [5.41, 5.74) is 7.84. The highest BCUT2D eigenvalue weighted by Crippen LogP contribution is 2.33. The van der Waals surface area contributed by atoms with Crippen molar-refractivity contribution in [1.82, 2.24) is 9.55 Å². The summed E-state index contributed by atoms with van der Waals surface area (Å²) in [7, 11) is 3.25. The van der Waals surface area contributed by atoms with E-state index in [1.807, 2.05) is 19.1 Å². The lowest BCUT2D eigenvalue weighted by Crippen LogP contribution is -2.12. The Bertz CT molecular complexity index is 561. The Morgan fingerprint density at radius 3 is 2.39 bits per heavy atom. The van der Waals surface area contributed by atoms with Gasteiger partial charge in [0.25, 0.3) is 0 Å². The van der Waals surface area contributed by atoms with Crippen molar-refractivity contribution in [1.29, 1.82) is 0 Å². The third kappa shape index (κ3) is 1.90. The molecule has 1 aromatic heterocycles. The number of hydrogen-bond donors (Lipinski definition) is 1. The van der Waals surface area contributed by atoms with Gasteiger partial charge in [0.15, 0.2) is 11.5 Å². The zero-order valence-electron chi connectivity index (χ0n) is 11.2. The quantitative estimate of drug-likeness (QED) is 0.901. The van der Waals surface area contributed by atoms with Crippen LogP contribution >= 0.6 is 0 Å². The van der Waals surface area contributed by atoms with Gasteiger partial charge < -0.3 is 19.8 Å². The average Bonchev–Trinajstić information content (AvgIpc) is 2.74. The number of hydrogen-bond acceptors (Lipinski definition) is 4. The van der Waals surface area contributed by atoms with E-state index in [2.05, 4.69) is 16.5 Å². The van der Waals surface area contributed by atoms with Crippen molar-refractivity contribution in [3.8, 4) is 11.5 Å². The first-order valence-corrected chi connectivity index (χ1v) is 6.00. The summed E-state index contributed by atoms with van der Waals surface area (Å²) in [6.45, 7) is 4.83. The van der Waals surface area contributed by atoms with Gasteiger partial charge in [0.05, 0.1) is 31.3 Å². The molecule has 18 heavy (non-hydrogen) atoms. The van der Waals surface area contributed by atoms with Crippen LogP contribution in [0.25, 0.3) is 11.0 Å². The average molecular weight is 249 g/mol. The van der Waals surface area contributed by atoms with Gasteiger partial charge in [0.2, 0.25) is 0 Å². The number of nitrogens with two attached hydrogens (primary N) is 1. The van der Waals surface area contributed by atoms with E-state index in [0.717, 1.165) is 23.4 Å². The predicted octanol–water partition coefficient (Wildman–Crippen LogP) is 2.09. The van der Waals surface area contributed by atoms with Crippen LogP contribution in [0, 0.1) is 0 Å². The Labute approximate surface area is 107 Å². The highest BCUT2D eigenvalue weighted by molar-refractivity contribution is 5.80. The Balaban J connectivity index is 2.73. The molecule has 2 aromatic rings. The molecule has 0 fully saturated rings. The first-order valence-electron chi connectivity index (χ1n) is 6.00. The topological polar surface area (TPSA) is 62.3 Å². The van der Waals surface area contributed by atoms with Crippen LogP contribution in [-0.4, -0.2) is 23.8 Å². The van der Waals surface area contributed by atoms with E-state index in [1.165, 1.54) is 0 Å². The van der Waals surface area contributed by atoms with Crippen molar-refractivity contribution in [3.63, 3.8) is 0 Å². The molecule has 2 rings (SSSR count). The van der Waals surface area contributed by atoms with Crippen LogP contribution in [0.2, 0.25) is 0 Å². The number of rotatable bonds is 4. The monoisotopic (exact) mass is 249 g/mol. The number of nitrogens with zero attached hydrogens (tertiary/aromatic N) is 2. The zero-order chi connectivity index (χ0) is 13.3. The van der Waals surface area contributed by atoms with Gasteiger partial charge in [-0.3, -0.25) is 0 Å². The molecule has 0 spiro atoms. The van der Waals surface area contributed by atoms with Gasteiger partial charge in [-0.1, -0.05) is 0 Å². The molecule has 0 saturated carbocycles. The van der Waals surface area contributed by atoms with Crippen LogP contribution in [-0.2, 0) is 6.54 Å². The minimum atomic E-state index is -0.102. The molecule has 1 heterocycles. The highest BCUT2D eigenvalue weighted by Gasteiger charge is 2.16. The maximum Gasteiger partial charge on any atom is 0.163 e. The van der Waals surface area contributed by atoms with Crippen molar-refractivity contribution in [2.24, 2.45) is 5.73 Å². The Kier molecular flexibility index (Phi) is 3.43. The minimum absolute atomic E-state index is 0.102. The second-order valence-electron chi connectivity index (χ2n) is 4.20. The summed E-state index contributed by atoms with van der Waals surface area (Å²) in [5.74, 6) is 2.26. The molecule has 1 unspecified atom stereocenters. The van der Waals surface area contributed by atoms with Crippen LogP contribution in [0.4, 0.5) is 0 Å².